The molecule has 196 valence electrons. The average molecular weight is 511 g/mol. The Morgan fingerprint density at radius 3 is 2.35 bits per heavy atom. The Hall–Kier alpha value is -3.75. The van der Waals surface area contributed by atoms with Crippen molar-refractivity contribution in [2.24, 2.45) is 0 Å². The van der Waals surface area contributed by atoms with Crippen LogP contribution in [0.3, 0.4) is 0 Å². The first kappa shape index (κ1) is 26.3. The van der Waals surface area contributed by atoms with E-state index in [1.54, 1.807) is 9.58 Å². The van der Waals surface area contributed by atoms with E-state index in [9.17, 15) is 18.4 Å². The number of halogens is 2. The first-order valence-electron chi connectivity index (χ1n) is 12.3. The summed E-state index contributed by atoms with van der Waals surface area (Å²) in [5, 5.41) is 7.08. The van der Waals surface area contributed by atoms with Gasteiger partial charge in [0.1, 0.15) is 17.2 Å². The van der Waals surface area contributed by atoms with Gasteiger partial charge in [-0.15, -0.1) is 0 Å². The molecule has 37 heavy (non-hydrogen) atoms. The van der Waals surface area contributed by atoms with Gasteiger partial charge in [-0.1, -0.05) is 6.07 Å². The number of ether oxygens (including phenoxy) is 1. The van der Waals surface area contributed by atoms with Gasteiger partial charge in [-0.25, -0.2) is 18.3 Å². The van der Waals surface area contributed by atoms with E-state index < -0.39 is 23.1 Å². The fourth-order valence-corrected chi connectivity index (χ4v) is 4.43. The monoisotopic (exact) mass is 510 g/mol. The van der Waals surface area contributed by atoms with Crippen molar-refractivity contribution in [3.8, 4) is 5.69 Å². The number of piperidine rings is 1. The van der Waals surface area contributed by atoms with Crippen molar-refractivity contribution < 1.29 is 23.1 Å². The van der Waals surface area contributed by atoms with Gasteiger partial charge in [-0.05, 0) is 82.9 Å². The molecule has 0 bridgehead atoms. The van der Waals surface area contributed by atoms with Crippen LogP contribution < -0.4 is 5.32 Å². The molecular weight excluding hydrogens is 478 g/mol. The number of nitrogens with zero attached hydrogens (tertiary/aromatic N) is 3. The highest BCUT2D eigenvalue weighted by Gasteiger charge is 2.32. The van der Waals surface area contributed by atoms with E-state index in [2.05, 4.69) is 10.4 Å². The zero-order valence-electron chi connectivity index (χ0n) is 21.8. The molecule has 7 nitrogen and oxygen atoms in total. The molecular formula is C28H32F2N4O3. The summed E-state index contributed by atoms with van der Waals surface area (Å²) in [7, 11) is 0. The van der Waals surface area contributed by atoms with Crippen molar-refractivity contribution in [2.45, 2.75) is 59.0 Å². The summed E-state index contributed by atoms with van der Waals surface area (Å²) in [5.41, 5.74) is 3.31. The number of aromatic nitrogens is 2. The van der Waals surface area contributed by atoms with Gasteiger partial charge < -0.3 is 15.0 Å². The van der Waals surface area contributed by atoms with E-state index >= 15 is 0 Å². The van der Waals surface area contributed by atoms with Crippen LogP contribution in [0.5, 0.6) is 0 Å². The van der Waals surface area contributed by atoms with E-state index in [0.29, 0.717) is 37.2 Å². The molecule has 2 aromatic carbocycles. The summed E-state index contributed by atoms with van der Waals surface area (Å²) in [6.07, 6.45) is 2.31. The van der Waals surface area contributed by atoms with Crippen molar-refractivity contribution in [3.05, 3.63) is 76.6 Å². The number of hydrogen-bond acceptors (Lipinski definition) is 4. The minimum atomic E-state index is -0.859. The molecule has 0 aliphatic carbocycles. The molecule has 1 aliphatic heterocycles. The third kappa shape index (κ3) is 5.98. The van der Waals surface area contributed by atoms with Crippen LogP contribution in [-0.2, 0) is 4.74 Å². The Labute approximate surface area is 215 Å². The van der Waals surface area contributed by atoms with Crippen LogP contribution in [0, 0.1) is 25.5 Å². The van der Waals surface area contributed by atoms with E-state index in [0.717, 1.165) is 28.9 Å². The molecule has 0 radical (unpaired) electrons. The molecule has 3 aromatic rings. The number of carbonyl (C=O) groups excluding carboxylic acids is 2. The minimum absolute atomic E-state index is 0.0818. The quantitative estimate of drug-likeness (QED) is 0.458. The van der Waals surface area contributed by atoms with Crippen LogP contribution in [0.15, 0.2) is 42.6 Å². The minimum Gasteiger partial charge on any atom is -0.444 e. The van der Waals surface area contributed by atoms with Crippen molar-refractivity contribution in [3.63, 3.8) is 0 Å². The maximum Gasteiger partial charge on any atom is 0.410 e. The number of amides is 2. The Morgan fingerprint density at radius 1 is 1.03 bits per heavy atom. The number of nitrogens with one attached hydrogen (secondary N) is 1. The molecule has 1 saturated heterocycles. The molecule has 0 atom stereocenters. The van der Waals surface area contributed by atoms with E-state index in [1.807, 2.05) is 52.8 Å². The van der Waals surface area contributed by atoms with Crippen LogP contribution in [0.2, 0.25) is 0 Å². The van der Waals surface area contributed by atoms with Gasteiger partial charge in [0.05, 0.1) is 28.8 Å². The first-order chi connectivity index (χ1) is 17.4. The first-order valence-corrected chi connectivity index (χ1v) is 12.3. The van der Waals surface area contributed by atoms with Crippen LogP contribution in [0.25, 0.3) is 5.69 Å². The molecule has 9 heteroatoms. The predicted molar refractivity (Wildman–Crippen MR) is 137 cm³/mol. The summed E-state index contributed by atoms with van der Waals surface area (Å²) in [5.74, 6) is -2.20. The van der Waals surface area contributed by atoms with Crippen LogP contribution in [0.1, 0.15) is 66.7 Å². The van der Waals surface area contributed by atoms with Gasteiger partial charge in [0.25, 0.3) is 5.91 Å². The number of carbonyl (C=O) groups is 2. The smallest absolute Gasteiger partial charge is 0.410 e. The molecule has 1 aromatic heterocycles. The molecule has 0 saturated carbocycles. The number of hydrogen-bond donors (Lipinski definition) is 1. The number of aryl methyl sites for hydroxylation is 2. The average Bonchev–Trinajstić information content (AvgIpc) is 3.27. The Balaban J connectivity index is 1.65. The maximum absolute atomic E-state index is 14.2. The highest BCUT2D eigenvalue weighted by atomic mass is 19.1. The van der Waals surface area contributed by atoms with Gasteiger partial charge >= 0.3 is 6.09 Å². The number of likely N-dealkylation sites (tertiary alicyclic amines) is 1. The fraction of sp³-hybridized carbons (Fsp3) is 0.393. The zero-order valence-corrected chi connectivity index (χ0v) is 21.8. The number of benzene rings is 2. The zero-order chi connectivity index (χ0) is 26.9. The highest BCUT2D eigenvalue weighted by Crippen LogP contribution is 2.33. The lowest BCUT2D eigenvalue weighted by molar-refractivity contribution is 0.0203. The lowest BCUT2D eigenvalue weighted by atomic mass is 9.90. The van der Waals surface area contributed by atoms with Gasteiger partial charge in [-0.2, -0.15) is 5.10 Å². The van der Waals surface area contributed by atoms with Crippen LogP contribution in [-0.4, -0.2) is 45.4 Å². The van der Waals surface area contributed by atoms with Gasteiger partial charge in [0.15, 0.2) is 0 Å². The van der Waals surface area contributed by atoms with Crippen molar-refractivity contribution in [2.75, 3.05) is 18.4 Å². The van der Waals surface area contributed by atoms with Gasteiger partial charge in [0, 0.05) is 25.1 Å². The lowest BCUT2D eigenvalue weighted by Gasteiger charge is -2.34. The molecule has 0 spiro atoms. The van der Waals surface area contributed by atoms with Crippen molar-refractivity contribution in [1.29, 1.82) is 0 Å². The maximum atomic E-state index is 14.2. The number of rotatable bonds is 4. The Morgan fingerprint density at radius 2 is 1.73 bits per heavy atom. The van der Waals surface area contributed by atoms with Crippen LogP contribution >= 0.6 is 0 Å². The standard InChI is InChI=1S/C28H32F2N4O3/c1-17-6-8-21(14-18(17)2)34-25(19-10-12-33(13-11-19)27(36)37-28(3,4)5)22(16-31-34)26(35)32-24-9-7-20(29)15-23(24)30/h6-9,14-16,19H,10-13H2,1-5H3,(H,32,35). The summed E-state index contributed by atoms with van der Waals surface area (Å²) in [4.78, 5) is 27.5. The molecule has 2 heterocycles. The molecule has 1 N–H and O–H groups in total. The second-order valence-corrected chi connectivity index (χ2v) is 10.4. The summed E-state index contributed by atoms with van der Waals surface area (Å²) in [6, 6.07) is 8.94. The van der Waals surface area contributed by atoms with Crippen molar-refractivity contribution >= 4 is 17.7 Å². The summed E-state index contributed by atoms with van der Waals surface area (Å²) in [6.45, 7) is 10.4. The number of anilines is 1. The molecule has 0 unspecified atom stereocenters. The second kappa shape index (κ2) is 10.3. The molecule has 4 rings (SSSR count). The topological polar surface area (TPSA) is 76.5 Å². The van der Waals surface area contributed by atoms with E-state index in [-0.39, 0.29) is 17.7 Å². The largest absolute Gasteiger partial charge is 0.444 e. The Kier molecular flexibility index (Phi) is 7.34. The third-order valence-corrected chi connectivity index (χ3v) is 6.50. The second-order valence-electron chi connectivity index (χ2n) is 10.4. The molecule has 1 fully saturated rings. The SMILES string of the molecule is Cc1ccc(-n2ncc(C(=O)Nc3ccc(F)cc3F)c2C2CCN(C(=O)OC(C)(C)C)CC2)cc1C. The normalized spacial score (nSPS) is 14.5. The third-order valence-electron chi connectivity index (χ3n) is 6.50. The van der Waals surface area contributed by atoms with Gasteiger partial charge in [-0.3, -0.25) is 4.79 Å². The van der Waals surface area contributed by atoms with Crippen LogP contribution in [0.4, 0.5) is 19.3 Å². The summed E-state index contributed by atoms with van der Waals surface area (Å²) < 4.78 is 34.8. The van der Waals surface area contributed by atoms with E-state index in [4.69, 9.17) is 4.74 Å². The highest BCUT2D eigenvalue weighted by molar-refractivity contribution is 6.05. The lowest BCUT2D eigenvalue weighted by Crippen LogP contribution is -2.41. The summed E-state index contributed by atoms with van der Waals surface area (Å²) >= 11 is 0. The molecule has 1 aliphatic rings. The Bertz CT molecular complexity index is 1320. The van der Waals surface area contributed by atoms with Gasteiger partial charge in [0.2, 0.25) is 0 Å². The van der Waals surface area contributed by atoms with E-state index in [1.165, 1.54) is 12.3 Å². The predicted octanol–water partition coefficient (Wildman–Crippen LogP) is 6.13. The van der Waals surface area contributed by atoms with Crippen molar-refractivity contribution in [1.82, 2.24) is 14.7 Å². The fourth-order valence-electron chi connectivity index (χ4n) is 4.43. The molecule has 2 amide bonds.